The minimum Gasteiger partial charge on any atom is -0.411 e. The van der Waals surface area contributed by atoms with E-state index in [0.29, 0.717) is 5.56 Å². The van der Waals surface area contributed by atoms with Crippen molar-refractivity contribution in [1.82, 2.24) is 4.72 Å². The Kier molecular flexibility index (Phi) is 4.01. The maximum absolute atomic E-state index is 11.7. The van der Waals surface area contributed by atoms with Gasteiger partial charge in [0.2, 0.25) is 0 Å². The van der Waals surface area contributed by atoms with Crippen molar-refractivity contribution < 1.29 is 13.6 Å². The first kappa shape index (κ1) is 11.9. The van der Waals surface area contributed by atoms with Crippen molar-refractivity contribution in [3.8, 4) is 0 Å². The molecule has 0 aliphatic carbocycles. The molecule has 0 aliphatic heterocycles. The minimum absolute atomic E-state index is 0.127. The van der Waals surface area contributed by atoms with E-state index in [-0.39, 0.29) is 10.8 Å². The molecule has 7 heteroatoms. The van der Waals surface area contributed by atoms with Crippen LogP contribution >= 0.6 is 11.3 Å². The van der Waals surface area contributed by atoms with Gasteiger partial charge >= 0.3 is 0 Å². The van der Waals surface area contributed by atoms with E-state index in [9.17, 15) is 8.42 Å². The molecule has 0 atom stereocenters. The van der Waals surface area contributed by atoms with Gasteiger partial charge in [-0.25, -0.2) is 13.1 Å². The van der Waals surface area contributed by atoms with E-state index in [4.69, 9.17) is 5.21 Å². The van der Waals surface area contributed by atoms with Crippen LogP contribution in [-0.2, 0) is 10.0 Å². The topological polar surface area (TPSA) is 78.8 Å². The normalized spacial score (nSPS) is 12.0. The summed E-state index contributed by atoms with van der Waals surface area (Å²) in [6.07, 6.45) is 2.53. The van der Waals surface area contributed by atoms with Crippen LogP contribution in [0.4, 0.5) is 0 Å². The lowest BCUT2D eigenvalue weighted by molar-refractivity contribution is 0.322. The summed E-state index contributed by atoms with van der Waals surface area (Å²) in [7, 11) is -3.54. The van der Waals surface area contributed by atoms with Crippen LogP contribution in [0.25, 0.3) is 0 Å². The molecule has 1 aromatic rings. The van der Waals surface area contributed by atoms with E-state index >= 15 is 0 Å². The number of rotatable bonds is 5. The third-order valence-corrected chi connectivity index (χ3v) is 4.46. The molecule has 0 aliphatic rings. The molecule has 15 heavy (non-hydrogen) atoms. The zero-order valence-electron chi connectivity index (χ0n) is 7.75. The highest BCUT2D eigenvalue weighted by molar-refractivity contribution is 7.91. The van der Waals surface area contributed by atoms with Crippen molar-refractivity contribution in [2.75, 3.05) is 6.54 Å². The smallest absolute Gasteiger partial charge is 0.250 e. The van der Waals surface area contributed by atoms with Gasteiger partial charge in [0.05, 0.1) is 6.21 Å². The summed E-state index contributed by atoms with van der Waals surface area (Å²) in [5.41, 5.74) is 0.360. The molecule has 1 heterocycles. The highest BCUT2D eigenvalue weighted by Crippen LogP contribution is 2.20. The Labute approximate surface area is 91.8 Å². The number of hydrogen-bond acceptors (Lipinski definition) is 5. The summed E-state index contributed by atoms with van der Waals surface area (Å²) in [4.78, 5) is 0. The molecular weight excluding hydrogens is 236 g/mol. The Bertz CT molecular complexity index is 462. The molecule has 1 rings (SSSR count). The number of thiophene rings is 1. The van der Waals surface area contributed by atoms with E-state index in [2.05, 4.69) is 16.5 Å². The van der Waals surface area contributed by atoms with Crippen LogP contribution in [-0.4, -0.2) is 26.4 Å². The molecule has 1 aromatic heterocycles. The van der Waals surface area contributed by atoms with Gasteiger partial charge in [0.25, 0.3) is 10.0 Å². The van der Waals surface area contributed by atoms with Crippen LogP contribution in [0.3, 0.4) is 0 Å². The van der Waals surface area contributed by atoms with Crippen molar-refractivity contribution in [3.63, 3.8) is 0 Å². The molecule has 5 nitrogen and oxygen atoms in total. The summed E-state index contributed by atoms with van der Waals surface area (Å²) >= 11 is 1.06. The van der Waals surface area contributed by atoms with E-state index in [1.54, 1.807) is 11.4 Å². The van der Waals surface area contributed by atoms with Crippen LogP contribution in [0.5, 0.6) is 0 Å². The third kappa shape index (κ3) is 2.88. The maximum Gasteiger partial charge on any atom is 0.250 e. The summed E-state index contributed by atoms with van der Waals surface area (Å²) in [5.74, 6) is 0. The van der Waals surface area contributed by atoms with Crippen LogP contribution in [0.1, 0.15) is 5.56 Å². The quantitative estimate of drug-likeness (QED) is 0.352. The summed E-state index contributed by atoms with van der Waals surface area (Å²) in [6.45, 7) is 3.58. The van der Waals surface area contributed by atoms with Gasteiger partial charge in [-0.1, -0.05) is 11.2 Å². The van der Waals surface area contributed by atoms with Gasteiger partial charge in [-0.3, -0.25) is 0 Å². The van der Waals surface area contributed by atoms with E-state index < -0.39 is 10.0 Å². The second-order valence-electron chi connectivity index (χ2n) is 2.55. The number of nitrogens with one attached hydrogen (secondary N) is 1. The Morgan fingerprint density at radius 3 is 3.00 bits per heavy atom. The molecule has 0 spiro atoms. The van der Waals surface area contributed by atoms with Crippen LogP contribution in [0.15, 0.2) is 33.5 Å². The average molecular weight is 246 g/mol. The zero-order chi connectivity index (χ0) is 11.3. The zero-order valence-corrected chi connectivity index (χ0v) is 9.38. The van der Waals surface area contributed by atoms with E-state index in [1.807, 2.05) is 0 Å². The fourth-order valence-electron chi connectivity index (χ4n) is 0.916. The molecule has 2 N–H and O–H groups in total. The summed E-state index contributed by atoms with van der Waals surface area (Å²) in [5, 5.41) is 12.8. The van der Waals surface area contributed by atoms with Crippen LogP contribution in [0, 0.1) is 0 Å². The van der Waals surface area contributed by atoms with E-state index in [0.717, 1.165) is 17.6 Å². The first-order valence-corrected chi connectivity index (χ1v) is 6.33. The average Bonchev–Trinajstić information content (AvgIpc) is 2.64. The Balaban J connectivity index is 3.04. The van der Waals surface area contributed by atoms with Crippen LogP contribution < -0.4 is 4.72 Å². The first-order chi connectivity index (χ1) is 7.11. The van der Waals surface area contributed by atoms with Crippen molar-refractivity contribution in [2.24, 2.45) is 5.16 Å². The molecule has 0 unspecified atom stereocenters. The summed E-state index contributed by atoms with van der Waals surface area (Å²) < 4.78 is 25.8. The lowest BCUT2D eigenvalue weighted by Crippen LogP contribution is -2.23. The number of nitrogens with zero attached hydrogens (tertiary/aromatic N) is 1. The van der Waals surface area contributed by atoms with Crippen molar-refractivity contribution in [1.29, 1.82) is 0 Å². The summed E-state index contributed by atoms with van der Waals surface area (Å²) in [6, 6.07) is 1.56. The number of oxime groups is 1. The van der Waals surface area contributed by atoms with Gasteiger partial charge in [0.1, 0.15) is 4.21 Å². The number of hydrogen-bond donors (Lipinski definition) is 2. The standard InChI is InChI=1S/C8H10N2O3S2/c1-2-4-10-15(12,13)8-7(6-9-11)3-5-14-8/h2-3,5-6,10-11H,1,4H2/b9-6+. The third-order valence-electron chi connectivity index (χ3n) is 1.52. The molecule has 82 valence electrons. The second kappa shape index (κ2) is 5.06. The van der Waals surface area contributed by atoms with Crippen molar-refractivity contribution >= 4 is 27.6 Å². The minimum atomic E-state index is -3.54. The molecule has 0 saturated heterocycles. The van der Waals surface area contributed by atoms with Crippen molar-refractivity contribution in [2.45, 2.75) is 4.21 Å². The maximum atomic E-state index is 11.7. The molecule has 0 bridgehead atoms. The highest BCUT2D eigenvalue weighted by atomic mass is 32.2. The Morgan fingerprint density at radius 1 is 1.67 bits per heavy atom. The van der Waals surface area contributed by atoms with Gasteiger partial charge in [0.15, 0.2) is 0 Å². The highest BCUT2D eigenvalue weighted by Gasteiger charge is 2.18. The Morgan fingerprint density at radius 2 is 2.40 bits per heavy atom. The fourth-order valence-corrected chi connectivity index (χ4v) is 3.26. The van der Waals surface area contributed by atoms with Crippen molar-refractivity contribution in [3.05, 3.63) is 29.7 Å². The SMILES string of the molecule is C=CCNS(=O)(=O)c1sccc1/C=N/O. The van der Waals surface area contributed by atoms with Gasteiger partial charge in [-0.15, -0.1) is 17.9 Å². The lowest BCUT2D eigenvalue weighted by Gasteiger charge is -2.02. The molecule has 0 fully saturated rings. The predicted octanol–water partition coefficient (Wildman–Crippen LogP) is 1.02. The fraction of sp³-hybridized carbons (Fsp3) is 0.125. The lowest BCUT2D eigenvalue weighted by atomic mass is 10.4. The Hall–Kier alpha value is -1.18. The van der Waals surface area contributed by atoms with Gasteiger partial charge in [-0.05, 0) is 11.4 Å². The monoisotopic (exact) mass is 246 g/mol. The first-order valence-electron chi connectivity index (χ1n) is 3.97. The molecule has 0 saturated carbocycles. The van der Waals surface area contributed by atoms with Gasteiger partial charge in [0, 0.05) is 12.1 Å². The van der Waals surface area contributed by atoms with Crippen LogP contribution in [0.2, 0.25) is 0 Å². The van der Waals surface area contributed by atoms with Gasteiger partial charge < -0.3 is 5.21 Å². The van der Waals surface area contributed by atoms with Gasteiger partial charge in [-0.2, -0.15) is 0 Å². The second-order valence-corrected chi connectivity index (χ2v) is 5.43. The molecule has 0 amide bonds. The predicted molar refractivity (Wildman–Crippen MR) is 59.1 cm³/mol. The largest absolute Gasteiger partial charge is 0.411 e. The molecular formula is C8H10N2O3S2. The van der Waals surface area contributed by atoms with E-state index in [1.165, 1.54) is 6.08 Å². The molecule has 0 radical (unpaired) electrons. The molecule has 0 aromatic carbocycles. The number of sulfonamides is 1.